The number of rotatable bonds is 8. The Morgan fingerprint density at radius 1 is 1.08 bits per heavy atom. The molecule has 0 unspecified atom stereocenters. The fourth-order valence-electron chi connectivity index (χ4n) is 2.38. The van der Waals surface area contributed by atoms with Crippen molar-refractivity contribution in [2.75, 3.05) is 0 Å². The van der Waals surface area contributed by atoms with Crippen molar-refractivity contribution in [3.63, 3.8) is 0 Å². The molecular weight excluding hydrogens is 332 g/mol. The lowest BCUT2D eigenvalue weighted by Gasteiger charge is -2.23. The maximum atomic E-state index is 12.5. The molecule has 1 rings (SSSR count). The van der Waals surface area contributed by atoms with Gasteiger partial charge in [0.05, 0.1) is 6.04 Å². The molecule has 144 valence electrons. The molecule has 1 aromatic carbocycles. The van der Waals surface area contributed by atoms with E-state index in [1.54, 1.807) is 20.8 Å². The van der Waals surface area contributed by atoms with Crippen LogP contribution in [-0.2, 0) is 14.3 Å². The predicted octanol–water partition coefficient (Wildman–Crippen LogP) is 3.52. The average Bonchev–Trinajstić information content (AvgIpc) is 2.57. The van der Waals surface area contributed by atoms with Crippen LogP contribution >= 0.6 is 0 Å². The zero-order valence-electron chi connectivity index (χ0n) is 16.3. The Morgan fingerprint density at radius 2 is 1.69 bits per heavy atom. The highest BCUT2D eigenvalue weighted by Gasteiger charge is 2.29. The third kappa shape index (κ3) is 7.68. The Kier molecular flexibility index (Phi) is 8.29. The maximum Gasteiger partial charge on any atom is 0.408 e. The number of hydrogen-bond donors (Lipinski definition) is 2. The average molecular weight is 362 g/mol. The van der Waals surface area contributed by atoms with E-state index in [2.05, 4.69) is 10.6 Å². The standard InChI is InChI=1S/C20H30N2O4/c1-6-7-13-16(22-19(25)26-20(3,4)5)17(23)18(24)21-14(2)15-11-9-8-10-12-15/h8-12,14,16H,6-7,13H2,1-5H3,(H,21,24)(H,22,25)/t14-,16-/m0/s1. The van der Waals surface area contributed by atoms with E-state index in [-0.39, 0.29) is 6.04 Å². The molecule has 0 heterocycles. The molecule has 26 heavy (non-hydrogen) atoms. The zero-order chi connectivity index (χ0) is 19.7. The first-order valence-electron chi connectivity index (χ1n) is 9.03. The minimum Gasteiger partial charge on any atom is -0.444 e. The molecule has 2 N–H and O–H groups in total. The normalized spacial score (nSPS) is 13.4. The van der Waals surface area contributed by atoms with Gasteiger partial charge in [0.2, 0.25) is 5.78 Å². The largest absolute Gasteiger partial charge is 0.444 e. The van der Waals surface area contributed by atoms with Crippen LogP contribution in [0.2, 0.25) is 0 Å². The van der Waals surface area contributed by atoms with E-state index in [4.69, 9.17) is 4.74 Å². The molecule has 0 fully saturated rings. The van der Waals surface area contributed by atoms with Crippen LogP contribution in [0.3, 0.4) is 0 Å². The van der Waals surface area contributed by atoms with Gasteiger partial charge in [-0.25, -0.2) is 4.79 Å². The third-order valence-corrected chi connectivity index (χ3v) is 3.72. The summed E-state index contributed by atoms with van der Waals surface area (Å²) in [5.41, 5.74) is 0.228. The highest BCUT2D eigenvalue weighted by Crippen LogP contribution is 2.12. The number of nitrogens with one attached hydrogen (secondary N) is 2. The molecule has 0 radical (unpaired) electrons. The summed E-state index contributed by atoms with van der Waals surface area (Å²) in [5.74, 6) is -1.37. The van der Waals surface area contributed by atoms with Crippen LogP contribution in [0.5, 0.6) is 0 Å². The minimum atomic E-state index is -0.896. The number of Topliss-reactive ketones (excluding diaryl/α,β-unsaturated/α-hetero) is 1. The topological polar surface area (TPSA) is 84.5 Å². The number of ether oxygens (including phenoxy) is 1. The molecule has 0 aliphatic heterocycles. The van der Waals surface area contributed by atoms with Gasteiger partial charge in [0.15, 0.2) is 0 Å². The number of amides is 2. The predicted molar refractivity (Wildman–Crippen MR) is 101 cm³/mol. The maximum absolute atomic E-state index is 12.5. The molecule has 0 aromatic heterocycles. The first kappa shape index (κ1) is 21.7. The van der Waals surface area contributed by atoms with Crippen LogP contribution < -0.4 is 10.6 Å². The van der Waals surface area contributed by atoms with Crippen molar-refractivity contribution in [1.29, 1.82) is 0 Å². The van der Waals surface area contributed by atoms with Gasteiger partial charge in [-0.2, -0.15) is 0 Å². The summed E-state index contributed by atoms with van der Waals surface area (Å²) >= 11 is 0. The monoisotopic (exact) mass is 362 g/mol. The second-order valence-corrected chi connectivity index (χ2v) is 7.31. The first-order valence-corrected chi connectivity index (χ1v) is 9.03. The van der Waals surface area contributed by atoms with Gasteiger partial charge in [0.1, 0.15) is 11.6 Å². The highest BCUT2D eigenvalue weighted by atomic mass is 16.6. The summed E-state index contributed by atoms with van der Waals surface area (Å²) in [5, 5.41) is 5.22. The van der Waals surface area contributed by atoms with Crippen molar-refractivity contribution in [2.45, 2.75) is 71.6 Å². The van der Waals surface area contributed by atoms with Gasteiger partial charge < -0.3 is 15.4 Å². The number of hydrogen-bond acceptors (Lipinski definition) is 4. The zero-order valence-corrected chi connectivity index (χ0v) is 16.3. The number of ketones is 1. The lowest BCUT2D eigenvalue weighted by atomic mass is 10.0. The SMILES string of the molecule is CCCC[C@H](NC(=O)OC(C)(C)C)C(=O)C(=O)N[C@@H](C)c1ccccc1. The Morgan fingerprint density at radius 3 is 2.23 bits per heavy atom. The summed E-state index contributed by atoms with van der Waals surface area (Å²) in [7, 11) is 0. The lowest BCUT2D eigenvalue weighted by molar-refractivity contribution is -0.139. The molecule has 0 bridgehead atoms. The van der Waals surface area contributed by atoms with E-state index < -0.39 is 29.4 Å². The van der Waals surface area contributed by atoms with Crippen molar-refractivity contribution in [2.24, 2.45) is 0 Å². The van der Waals surface area contributed by atoms with Crippen LogP contribution in [0.15, 0.2) is 30.3 Å². The first-order chi connectivity index (χ1) is 12.1. The van der Waals surface area contributed by atoms with Crippen LogP contribution in [0.4, 0.5) is 4.79 Å². The van der Waals surface area contributed by atoms with Crippen LogP contribution in [-0.4, -0.2) is 29.4 Å². The summed E-state index contributed by atoms with van der Waals surface area (Å²) in [6, 6.07) is 8.18. The molecule has 0 aliphatic carbocycles. The van der Waals surface area contributed by atoms with Crippen LogP contribution in [0.25, 0.3) is 0 Å². The molecule has 1 aromatic rings. The number of alkyl carbamates (subject to hydrolysis) is 1. The molecule has 6 nitrogen and oxygen atoms in total. The third-order valence-electron chi connectivity index (χ3n) is 3.72. The van der Waals surface area contributed by atoms with Gasteiger partial charge in [-0.3, -0.25) is 9.59 Å². The van der Waals surface area contributed by atoms with E-state index in [0.29, 0.717) is 12.8 Å². The van der Waals surface area contributed by atoms with Crippen LogP contribution in [0.1, 0.15) is 65.5 Å². The lowest BCUT2D eigenvalue weighted by Crippen LogP contribution is -2.49. The molecule has 0 saturated heterocycles. The summed E-state index contributed by atoms with van der Waals surface area (Å²) in [4.78, 5) is 36.9. The molecule has 0 spiro atoms. The minimum absolute atomic E-state index is 0.305. The molecule has 0 aliphatic rings. The van der Waals surface area contributed by atoms with Gasteiger partial charge in [0, 0.05) is 0 Å². The number of benzene rings is 1. The van der Waals surface area contributed by atoms with Gasteiger partial charge in [-0.1, -0.05) is 50.1 Å². The van der Waals surface area contributed by atoms with E-state index in [9.17, 15) is 14.4 Å². The molecular formula is C20H30N2O4. The number of carbonyl (C=O) groups excluding carboxylic acids is 3. The van der Waals surface area contributed by atoms with E-state index >= 15 is 0 Å². The fourth-order valence-corrected chi connectivity index (χ4v) is 2.38. The smallest absolute Gasteiger partial charge is 0.408 e. The summed E-state index contributed by atoms with van der Waals surface area (Å²) in [6.07, 6.45) is 1.26. The number of unbranched alkanes of at least 4 members (excludes halogenated alkanes) is 1. The molecule has 2 amide bonds. The Balaban J connectivity index is 2.74. The van der Waals surface area contributed by atoms with E-state index in [0.717, 1.165) is 12.0 Å². The van der Waals surface area contributed by atoms with Crippen LogP contribution in [0, 0.1) is 0 Å². The summed E-state index contributed by atoms with van der Waals surface area (Å²) in [6.45, 7) is 9.01. The van der Waals surface area contributed by atoms with Crippen molar-refractivity contribution >= 4 is 17.8 Å². The molecule has 2 atom stereocenters. The Labute approximate surface area is 155 Å². The van der Waals surface area contributed by atoms with Gasteiger partial charge in [-0.05, 0) is 39.7 Å². The Hall–Kier alpha value is -2.37. The van der Waals surface area contributed by atoms with Gasteiger partial charge in [0.25, 0.3) is 5.91 Å². The van der Waals surface area contributed by atoms with E-state index in [1.807, 2.05) is 44.2 Å². The van der Waals surface area contributed by atoms with E-state index in [1.165, 1.54) is 0 Å². The fraction of sp³-hybridized carbons (Fsp3) is 0.550. The van der Waals surface area contributed by atoms with Crippen molar-refractivity contribution in [1.82, 2.24) is 10.6 Å². The number of carbonyl (C=O) groups is 3. The quantitative estimate of drug-likeness (QED) is 0.693. The van der Waals surface area contributed by atoms with Gasteiger partial charge in [-0.15, -0.1) is 0 Å². The van der Waals surface area contributed by atoms with Crippen molar-refractivity contribution in [3.8, 4) is 0 Å². The second kappa shape index (κ2) is 9.94. The Bertz CT molecular complexity index is 608. The van der Waals surface area contributed by atoms with Crippen molar-refractivity contribution in [3.05, 3.63) is 35.9 Å². The highest BCUT2D eigenvalue weighted by molar-refractivity contribution is 6.38. The second-order valence-electron chi connectivity index (χ2n) is 7.31. The van der Waals surface area contributed by atoms with Gasteiger partial charge >= 0.3 is 6.09 Å². The molecule has 6 heteroatoms. The molecule has 0 saturated carbocycles. The van der Waals surface area contributed by atoms with Crippen molar-refractivity contribution < 1.29 is 19.1 Å². The summed E-state index contributed by atoms with van der Waals surface area (Å²) < 4.78 is 5.19.